The fraction of sp³-hybridized carbons (Fsp3) is 0.611. The number of nitrogens with zero attached hydrogens (tertiary/aromatic N) is 1. The molecule has 0 unspecified atom stereocenters. The van der Waals surface area contributed by atoms with Crippen LogP contribution in [0, 0.1) is 12.8 Å². The third-order valence-electron chi connectivity index (χ3n) is 4.25. The molecule has 1 aromatic carbocycles. The van der Waals surface area contributed by atoms with Gasteiger partial charge in [-0.25, -0.2) is 8.42 Å². The van der Waals surface area contributed by atoms with Gasteiger partial charge in [0, 0.05) is 12.6 Å². The topological polar surface area (TPSA) is 63.7 Å². The van der Waals surface area contributed by atoms with Crippen LogP contribution in [0.25, 0.3) is 0 Å². The lowest BCUT2D eigenvalue weighted by molar-refractivity contribution is -0.160. The van der Waals surface area contributed by atoms with Crippen LogP contribution >= 0.6 is 0 Å². The molecular weight excluding hydrogens is 326 g/mol. The molecule has 0 aromatic heterocycles. The number of rotatable bonds is 4. The second kappa shape index (κ2) is 6.84. The van der Waals surface area contributed by atoms with Crippen molar-refractivity contribution in [3.05, 3.63) is 29.8 Å². The van der Waals surface area contributed by atoms with Crippen LogP contribution in [0.2, 0.25) is 0 Å². The summed E-state index contributed by atoms with van der Waals surface area (Å²) in [5, 5.41) is 0. The number of esters is 1. The number of hydrogen-bond acceptors (Lipinski definition) is 4. The Morgan fingerprint density at radius 1 is 1.25 bits per heavy atom. The highest BCUT2D eigenvalue weighted by Gasteiger charge is 2.45. The minimum absolute atomic E-state index is 0.274. The van der Waals surface area contributed by atoms with Gasteiger partial charge >= 0.3 is 5.97 Å². The summed E-state index contributed by atoms with van der Waals surface area (Å²) in [6.07, 6.45) is 1.08. The van der Waals surface area contributed by atoms with Crippen molar-refractivity contribution < 1.29 is 17.9 Å². The lowest BCUT2D eigenvalue weighted by Gasteiger charge is -2.28. The summed E-state index contributed by atoms with van der Waals surface area (Å²) in [6, 6.07) is 6.46. The summed E-state index contributed by atoms with van der Waals surface area (Å²) < 4.78 is 32.8. The molecule has 2 atom stereocenters. The summed E-state index contributed by atoms with van der Waals surface area (Å²) in [6.45, 7) is 9.63. The Kier molecular flexibility index (Phi) is 5.40. The van der Waals surface area contributed by atoms with Crippen LogP contribution in [-0.4, -0.2) is 36.9 Å². The predicted molar refractivity (Wildman–Crippen MR) is 93.1 cm³/mol. The standard InChI is InChI=1S/C18H27NO4S/c1-6-16-15(17(20)23-18(3,4)5)11-12-19(16)24(21,22)14-9-7-13(2)8-10-14/h7-10,15-16H,6,11-12H2,1-5H3/t15-,16+/m0/s1. The molecule has 1 saturated heterocycles. The molecule has 6 heteroatoms. The zero-order valence-electron chi connectivity index (χ0n) is 15.1. The van der Waals surface area contributed by atoms with Gasteiger partial charge in [-0.15, -0.1) is 0 Å². The van der Waals surface area contributed by atoms with Gasteiger partial charge in [-0.05, 0) is 52.7 Å². The zero-order chi connectivity index (χ0) is 18.1. The Labute approximate surface area is 145 Å². The highest BCUT2D eigenvalue weighted by Crippen LogP contribution is 2.33. The number of benzene rings is 1. The molecule has 2 rings (SSSR count). The van der Waals surface area contributed by atoms with Crippen molar-refractivity contribution in [1.82, 2.24) is 4.31 Å². The average molecular weight is 353 g/mol. The summed E-state index contributed by atoms with van der Waals surface area (Å²) in [7, 11) is -3.60. The van der Waals surface area contributed by atoms with Crippen molar-refractivity contribution in [2.24, 2.45) is 5.92 Å². The van der Waals surface area contributed by atoms with Crippen molar-refractivity contribution in [2.75, 3.05) is 6.54 Å². The molecule has 1 aliphatic heterocycles. The van der Waals surface area contributed by atoms with Crippen LogP contribution < -0.4 is 0 Å². The highest BCUT2D eigenvalue weighted by atomic mass is 32.2. The van der Waals surface area contributed by atoms with Gasteiger partial charge < -0.3 is 4.74 Å². The van der Waals surface area contributed by atoms with Crippen LogP contribution in [0.3, 0.4) is 0 Å². The van der Waals surface area contributed by atoms with E-state index in [4.69, 9.17) is 4.74 Å². The molecule has 0 radical (unpaired) electrons. The van der Waals surface area contributed by atoms with E-state index in [0.717, 1.165) is 5.56 Å². The fourth-order valence-electron chi connectivity index (χ4n) is 3.11. The summed E-state index contributed by atoms with van der Waals surface area (Å²) in [5.74, 6) is -0.717. The van der Waals surface area contributed by atoms with E-state index < -0.39 is 21.5 Å². The van der Waals surface area contributed by atoms with Crippen molar-refractivity contribution in [2.45, 2.75) is 64.0 Å². The SMILES string of the molecule is CC[C@@H]1[C@@H](C(=O)OC(C)(C)C)CCN1S(=O)(=O)c1ccc(C)cc1. The molecule has 1 fully saturated rings. The molecule has 0 N–H and O–H groups in total. The fourth-order valence-corrected chi connectivity index (χ4v) is 4.86. The Hall–Kier alpha value is -1.40. The summed E-state index contributed by atoms with van der Waals surface area (Å²) in [5.41, 5.74) is 0.438. The normalized spacial score (nSPS) is 22.5. The Morgan fingerprint density at radius 2 is 1.83 bits per heavy atom. The molecule has 1 aliphatic rings. The second-order valence-corrected chi connectivity index (χ2v) is 9.22. The van der Waals surface area contributed by atoms with E-state index in [1.807, 2.05) is 34.6 Å². The van der Waals surface area contributed by atoms with Crippen LogP contribution in [0.1, 0.15) is 46.1 Å². The molecular formula is C18H27NO4S. The third kappa shape index (κ3) is 3.98. The van der Waals surface area contributed by atoms with Crippen molar-refractivity contribution in [1.29, 1.82) is 0 Å². The number of ether oxygens (including phenoxy) is 1. The maximum absolute atomic E-state index is 12.9. The maximum atomic E-state index is 12.9. The Morgan fingerprint density at radius 3 is 2.33 bits per heavy atom. The zero-order valence-corrected chi connectivity index (χ0v) is 15.9. The predicted octanol–water partition coefficient (Wildman–Crippen LogP) is 3.13. The van der Waals surface area contributed by atoms with Crippen LogP contribution in [0.15, 0.2) is 29.2 Å². The van der Waals surface area contributed by atoms with Gasteiger partial charge in [-0.3, -0.25) is 4.79 Å². The first-order valence-electron chi connectivity index (χ1n) is 8.37. The van der Waals surface area contributed by atoms with Gasteiger partial charge in [0.05, 0.1) is 10.8 Å². The maximum Gasteiger partial charge on any atom is 0.311 e. The minimum atomic E-state index is -3.60. The van der Waals surface area contributed by atoms with Crippen LogP contribution in [0.4, 0.5) is 0 Å². The molecule has 0 saturated carbocycles. The highest BCUT2D eigenvalue weighted by molar-refractivity contribution is 7.89. The van der Waals surface area contributed by atoms with Gasteiger partial charge in [0.1, 0.15) is 5.60 Å². The van der Waals surface area contributed by atoms with Gasteiger partial charge in [-0.1, -0.05) is 24.6 Å². The number of carbonyl (C=O) groups is 1. The van der Waals surface area contributed by atoms with Crippen LogP contribution in [0.5, 0.6) is 0 Å². The lowest BCUT2D eigenvalue weighted by Crippen LogP contribution is -2.41. The van der Waals surface area contributed by atoms with E-state index >= 15 is 0 Å². The van der Waals surface area contributed by atoms with E-state index in [0.29, 0.717) is 19.4 Å². The second-order valence-electron chi connectivity index (χ2n) is 7.33. The Bertz CT molecular complexity index is 689. The molecule has 5 nitrogen and oxygen atoms in total. The number of carbonyl (C=O) groups excluding carboxylic acids is 1. The van der Waals surface area contributed by atoms with E-state index in [9.17, 15) is 13.2 Å². The first-order valence-corrected chi connectivity index (χ1v) is 9.81. The molecule has 24 heavy (non-hydrogen) atoms. The van der Waals surface area contributed by atoms with E-state index in [1.165, 1.54) is 4.31 Å². The van der Waals surface area contributed by atoms with Gasteiger partial charge in [0.15, 0.2) is 0 Å². The minimum Gasteiger partial charge on any atom is -0.460 e. The first-order chi connectivity index (χ1) is 11.1. The summed E-state index contributed by atoms with van der Waals surface area (Å²) >= 11 is 0. The van der Waals surface area contributed by atoms with Crippen LogP contribution in [-0.2, 0) is 19.6 Å². The number of hydrogen-bond donors (Lipinski definition) is 0. The van der Waals surface area contributed by atoms with Gasteiger partial charge in [0.25, 0.3) is 0 Å². The molecule has 134 valence electrons. The van der Waals surface area contributed by atoms with Gasteiger partial charge in [-0.2, -0.15) is 4.31 Å². The lowest BCUT2D eigenvalue weighted by atomic mass is 9.98. The monoisotopic (exact) mass is 353 g/mol. The smallest absolute Gasteiger partial charge is 0.311 e. The molecule has 0 bridgehead atoms. The Balaban J connectivity index is 2.25. The first kappa shape index (κ1) is 18.9. The quantitative estimate of drug-likeness (QED) is 0.780. The largest absolute Gasteiger partial charge is 0.460 e. The van der Waals surface area contributed by atoms with E-state index in [2.05, 4.69) is 0 Å². The number of aryl methyl sites for hydroxylation is 1. The molecule has 0 aliphatic carbocycles. The van der Waals surface area contributed by atoms with Crippen molar-refractivity contribution in [3.8, 4) is 0 Å². The molecule has 1 aromatic rings. The average Bonchev–Trinajstić information content (AvgIpc) is 2.90. The molecule has 0 amide bonds. The third-order valence-corrected chi connectivity index (χ3v) is 6.19. The summed E-state index contributed by atoms with van der Waals surface area (Å²) in [4.78, 5) is 12.7. The van der Waals surface area contributed by atoms with Crippen molar-refractivity contribution in [3.63, 3.8) is 0 Å². The van der Waals surface area contributed by atoms with E-state index in [1.54, 1.807) is 24.3 Å². The van der Waals surface area contributed by atoms with Gasteiger partial charge in [0.2, 0.25) is 10.0 Å². The van der Waals surface area contributed by atoms with E-state index in [-0.39, 0.29) is 16.9 Å². The molecule has 0 spiro atoms. The molecule has 1 heterocycles. The number of sulfonamides is 1. The van der Waals surface area contributed by atoms with Crippen molar-refractivity contribution >= 4 is 16.0 Å².